The van der Waals surface area contributed by atoms with Gasteiger partial charge in [-0.05, 0) is 12.8 Å². The number of aromatic hydroxyl groups is 1. The van der Waals surface area contributed by atoms with Crippen LogP contribution in [0.3, 0.4) is 0 Å². The lowest BCUT2D eigenvalue weighted by Crippen LogP contribution is -2.32. The standard InChI is InChI=1S/C17H28N2O4/c1-22-9-7-18(8-10-23-2)12-15-11-16(20)17(21)13-19(15)14-5-3-4-6-14/h11,13-14,21H,3-10,12H2,1-2H3. The monoisotopic (exact) mass is 324 g/mol. The van der Waals surface area contributed by atoms with Gasteiger partial charge in [-0.25, -0.2) is 0 Å². The van der Waals surface area contributed by atoms with E-state index >= 15 is 0 Å². The van der Waals surface area contributed by atoms with E-state index < -0.39 is 0 Å². The molecule has 6 nitrogen and oxygen atoms in total. The van der Waals surface area contributed by atoms with Gasteiger partial charge < -0.3 is 19.1 Å². The van der Waals surface area contributed by atoms with Crippen molar-refractivity contribution in [2.45, 2.75) is 38.3 Å². The highest BCUT2D eigenvalue weighted by Gasteiger charge is 2.20. The van der Waals surface area contributed by atoms with Crippen LogP contribution in [0, 0.1) is 0 Å². The van der Waals surface area contributed by atoms with Crippen molar-refractivity contribution in [3.8, 4) is 5.75 Å². The SMILES string of the molecule is COCCN(CCOC)Cc1cc(=O)c(O)cn1C1CCCC1. The molecule has 23 heavy (non-hydrogen) atoms. The topological polar surface area (TPSA) is 63.9 Å². The van der Waals surface area contributed by atoms with Gasteiger partial charge in [0.2, 0.25) is 5.43 Å². The van der Waals surface area contributed by atoms with Gasteiger partial charge in [-0.3, -0.25) is 9.69 Å². The summed E-state index contributed by atoms with van der Waals surface area (Å²) < 4.78 is 12.4. The summed E-state index contributed by atoms with van der Waals surface area (Å²) in [6, 6.07) is 1.95. The summed E-state index contributed by atoms with van der Waals surface area (Å²) in [4.78, 5) is 14.1. The van der Waals surface area contributed by atoms with Crippen LogP contribution < -0.4 is 5.43 Å². The second kappa shape index (κ2) is 9.05. The highest BCUT2D eigenvalue weighted by atomic mass is 16.5. The first-order valence-corrected chi connectivity index (χ1v) is 8.30. The Morgan fingerprint density at radius 1 is 1.22 bits per heavy atom. The predicted octanol–water partition coefficient (Wildman–Crippen LogP) is 1.76. The summed E-state index contributed by atoms with van der Waals surface area (Å²) in [6.45, 7) is 3.48. The van der Waals surface area contributed by atoms with Crippen molar-refractivity contribution in [2.24, 2.45) is 0 Å². The molecule has 1 saturated carbocycles. The second-order valence-electron chi connectivity index (χ2n) is 6.12. The third-order valence-corrected chi connectivity index (χ3v) is 4.47. The fraction of sp³-hybridized carbons (Fsp3) is 0.706. The molecule has 0 radical (unpaired) electrons. The maximum atomic E-state index is 11.9. The summed E-state index contributed by atoms with van der Waals surface area (Å²) in [6.07, 6.45) is 6.22. The molecule has 1 aliphatic rings. The molecule has 0 unspecified atom stereocenters. The Morgan fingerprint density at radius 2 is 1.83 bits per heavy atom. The zero-order valence-corrected chi connectivity index (χ0v) is 14.2. The Balaban J connectivity index is 2.20. The quantitative estimate of drug-likeness (QED) is 0.750. The Bertz CT molecular complexity index is 530. The Hall–Kier alpha value is -1.37. The summed E-state index contributed by atoms with van der Waals surface area (Å²) in [5.41, 5.74) is 0.639. The molecule has 0 aliphatic heterocycles. The summed E-state index contributed by atoms with van der Waals surface area (Å²) in [5, 5.41) is 9.81. The second-order valence-corrected chi connectivity index (χ2v) is 6.12. The smallest absolute Gasteiger partial charge is 0.223 e. The zero-order chi connectivity index (χ0) is 16.7. The molecule has 6 heteroatoms. The molecular formula is C17H28N2O4. The Morgan fingerprint density at radius 3 is 2.39 bits per heavy atom. The van der Waals surface area contributed by atoms with Crippen molar-refractivity contribution in [1.82, 2.24) is 9.47 Å². The van der Waals surface area contributed by atoms with E-state index in [-0.39, 0.29) is 11.2 Å². The van der Waals surface area contributed by atoms with Gasteiger partial charge in [0.1, 0.15) is 0 Å². The number of ether oxygens (including phenoxy) is 2. The number of nitrogens with zero attached hydrogens (tertiary/aromatic N) is 2. The molecule has 2 rings (SSSR count). The van der Waals surface area contributed by atoms with Gasteiger partial charge in [-0.2, -0.15) is 0 Å². The average molecular weight is 324 g/mol. The van der Waals surface area contributed by atoms with E-state index in [1.54, 1.807) is 26.5 Å². The van der Waals surface area contributed by atoms with Gasteiger partial charge in [0.15, 0.2) is 5.75 Å². The lowest BCUT2D eigenvalue weighted by atomic mass is 10.2. The van der Waals surface area contributed by atoms with E-state index in [1.807, 2.05) is 0 Å². The number of aromatic nitrogens is 1. The van der Waals surface area contributed by atoms with Crippen LogP contribution in [-0.2, 0) is 16.0 Å². The van der Waals surface area contributed by atoms with Crippen molar-refractivity contribution in [2.75, 3.05) is 40.5 Å². The highest BCUT2D eigenvalue weighted by molar-refractivity contribution is 5.21. The van der Waals surface area contributed by atoms with Crippen LogP contribution in [-0.4, -0.2) is 55.1 Å². The average Bonchev–Trinajstić information content (AvgIpc) is 3.07. The molecule has 0 bridgehead atoms. The number of hydrogen-bond acceptors (Lipinski definition) is 5. The van der Waals surface area contributed by atoms with Crippen molar-refractivity contribution in [1.29, 1.82) is 0 Å². The van der Waals surface area contributed by atoms with Crippen LogP contribution in [0.4, 0.5) is 0 Å². The van der Waals surface area contributed by atoms with Gasteiger partial charge in [-0.15, -0.1) is 0 Å². The maximum absolute atomic E-state index is 11.9. The summed E-state index contributed by atoms with van der Waals surface area (Å²) in [5.74, 6) is -0.166. The Kier molecular flexibility index (Phi) is 7.08. The molecule has 1 heterocycles. The molecular weight excluding hydrogens is 296 g/mol. The molecule has 0 aromatic carbocycles. The van der Waals surface area contributed by atoms with Crippen molar-refractivity contribution in [3.05, 3.63) is 28.2 Å². The van der Waals surface area contributed by atoms with E-state index in [1.165, 1.54) is 12.8 Å². The van der Waals surface area contributed by atoms with E-state index in [0.717, 1.165) is 31.6 Å². The van der Waals surface area contributed by atoms with Crippen LogP contribution in [0.5, 0.6) is 5.75 Å². The van der Waals surface area contributed by atoms with Crippen molar-refractivity contribution >= 4 is 0 Å². The minimum absolute atomic E-state index is 0.166. The molecule has 1 aromatic rings. The lowest BCUT2D eigenvalue weighted by Gasteiger charge is -2.26. The molecule has 0 amide bonds. The van der Waals surface area contributed by atoms with E-state index in [9.17, 15) is 9.90 Å². The minimum Gasteiger partial charge on any atom is -0.503 e. The van der Waals surface area contributed by atoms with Gasteiger partial charge in [-0.1, -0.05) is 12.8 Å². The fourth-order valence-electron chi connectivity index (χ4n) is 3.17. The van der Waals surface area contributed by atoms with Gasteiger partial charge in [0.25, 0.3) is 0 Å². The molecule has 130 valence electrons. The van der Waals surface area contributed by atoms with Crippen LogP contribution >= 0.6 is 0 Å². The molecule has 1 aromatic heterocycles. The maximum Gasteiger partial charge on any atom is 0.223 e. The van der Waals surface area contributed by atoms with Crippen LogP contribution in [0.25, 0.3) is 0 Å². The third kappa shape index (κ3) is 5.06. The summed E-state index contributed by atoms with van der Waals surface area (Å²) in [7, 11) is 3.37. The predicted molar refractivity (Wildman–Crippen MR) is 88.9 cm³/mol. The largest absolute Gasteiger partial charge is 0.503 e. The van der Waals surface area contributed by atoms with Gasteiger partial charge in [0, 0.05) is 51.7 Å². The molecule has 0 saturated heterocycles. The molecule has 1 N–H and O–H groups in total. The lowest BCUT2D eigenvalue weighted by molar-refractivity contribution is 0.108. The number of pyridine rings is 1. The van der Waals surface area contributed by atoms with E-state index in [2.05, 4.69) is 9.47 Å². The normalized spacial score (nSPS) is 15.6. The number of hydrogen-bond donors (Lipinski definition) is 1. The molecule has 1 fully saturated rings. The molecule has 0 spiro atoms. The van der Waals surface area contributed by atoms with Crippen LogP contribution in [0.2, 0.25) is 0 Å². The summed E-state index contributed by atoms with van der Waals surface area (Å²) >= 11 is 0. The van der Waals surface area contributed by atoms with E-state index in [0.29, 0.717) is 25.8 Å². The minimum atomic E-state index is -0.312. The fourth-order valence-corrected chi connectivity index (χ4v) is 3.17. The van der Waals surface area contributed by atoms with Crippen molar-refractivity contribution < 1.29 is 14.6 Å². The number of rotatable bonds is 9. The molecule has 1 aliphatic carbocycles. The van der Waals surface area contributed by atoms with Gasteiger partial charge in [0.05, 0.1) is 19.4 Å². The molecule has 0 atom stereocenters. The Labute approximate surface area is 137 Å². The zero-order valence-electron chi connectivity index (χ0n) is 14.2. The van der Waals surface area contributed by atoms with Crippen molar-refractivity contribution in [3.63, 3.8) is 0 Å². The highest BCUT2D eigenvalue weighted by Crippen LogP contribution is 2.31. The first-order chi connectivity index (χ1) is 11.2. The van der Waals surface area contributed by atoms with Gasteiger partial charge >= 0.3 is 0 Å². The first-order valence-electron chi connectivity index (χ1n) is 8.30. The van der Waals surface area contributed by atoms with Crippen LogP contribution in [0.15, 0.2) is 17.1 Å². The first kappa shape index (κ1) is 18.0. The van der Waals surface area contributed by atoms with E-state index in [4.69, 9.17) is 9.47 Å². The number of methoxy groups -OCH3 is 2. The van der Waals surface area contributed by atoms with Crippen LogP contribution in [0.1, 0.15) is 37.4 Å². The third-order valence-electron chi connectivity index (χ3n) is 4.47.